The van der Waals surface area contributed by atoms with E-state index in [0.29, 0.717) is 5.92 Å². The van der Waals surface area contributed by atoms with Crippen molar-refractivity contribution in [2.75, 3.05) is 6.54 Å². The zero-order chi connectivity index (χ0) is 14.3. The van der Waals surface area contributed by atoms with Crippen molar-refractivity contribution in [3.63, 3.8) is 0 Å². The first-order chi connectivity index (χ1) is 9.02. The van der Waals surface area contributed by atoms with Gasteiger partial charge in [-0.3, -0.25) is 4.79 Å². The zero-order valence-corrected chi connectivity index (χ0v) is 12.5. The summed E-state index contributed by atoms with van der Waals surface area (Å²) in [6, 6.07) is 8.35. The molecule has 0 aliphatic rings. The third kappa shape index (κ3) is 5.88. The highest BCUT2D eigenvalue weighted by Crippen LogP contribution is 2.05. The van der Waals surface area contributed by atoms with E-state index in [1.54, 1.807) is 0 Å². The van der Waals surface area contributed by atoms with Gasteiger partial charge in [0.25, 0.3) is 0 Å². The smallest absolute Gasteiger partial charge is 0.236 e. The first-order valence-corrected chi connectivity index (χ1v) is 7.11. The second-order valence-corrected chi connectivity index (χ2v) is 5.41. The number of hydrogen-bond donors (Lipinski definition) is 2. The van der Waals surface area contributed by atoms with Crippen molar-refractivity contribution in [2.45, 2.75) is 46.7 Å². The van der Waals surface area contributed by atoms with Crippen LogP contribution in [0.2, 0.25) is 0 Å². The van der Waals surface area contributed by atoms with Crippen LogP contribution in [0.3, 0.4) is 0 Å². The number of hydrogen-bond acceptors (Lipinski definition) is 2. The van der Waals surface area contributed by atoms with E-state index in [1.165, 1.54) is 11.1 Å². The largest absolute Gasteiger partial charge is 0.354 e. The zero-order valence-electron chi connectivity index (χ0n) is 12.5. The van der Waals surface area contributed by atoms with Crippen molar-refractivity contribution in [1.29, 1.82) is 0 Å². The molecular formula is C16H26N2O. The fourth-order valence-corrected chi connectivity index (χ4v) is 1.71. The molecule has 1 rings (SSSR count). The predicted octanol–water partition coefficient (Wildman–Crippen LogP) is 2.50. The van der Waals surface area contributed by atoms with Crippen LogP contribution in [0, 0.1) is 5.92 Å². The van der Waals surface area contributed by atoms with Gasteiger partial charge in [0.1, 0.15) is 0 Å². The first-order valence-electron chi connectivity index (χ1n) is 7.11. The maximum Gasteiger partial charge on any atom is 0.236 e. The van der Waals surface area contributed by atoms with E-state index in [1.807, 2.05) is 6.92 Å². The summed E-state index contributed by atoms with van der Waals surface area (Å²) in [6.45, 7) is 9.68. The highest BCUT2D eigenvalue weighted by Gasteiger charge is 2.11. The van der Waals surface area contributed by atoms with Gasteiger partial charge in [0, 0.05) is 13.1 Å². The Hall–Kier alpha value is -1.35. The van der Waals surface area contributed by atoms with Crippen molar-refractivity contribution in [3.05, 3.63) is 35.4 Å². The Balaban J connectivity index is 2.36. The minimum absolute atomic E-state index is 0.0684. The second-order valence-electron chi connectivity index (χ2n) is 5.41. The lowest BCUT2D eigenvalue weighted by Crippen LogP contribution is -2.42. The summed E-state index contributed by atoms with van der Waals surface area (Å²) >= 11 is 0. The van der Waals surface area contributed by atoms with Crippen molar-refractivity contribution in [1.82, 2.24) is 10.6 Å². The van der Waals surface area contributed by atoms with Crippen molar-refractivity contribution >= 4 is 5.91 Å². The molecular weight excluding hydrogens is 236 g/mol. The number of amides is 1. The number of rotatable bonds is 7. The number of carbonyl (C=O) groups excluding carboxylic acids is 1. The van der Waals surface area contributed by atoms with Crippen LogP contribution >= 0.6 is 0 Å². The average molecular weight is 262 g/mol. The SMILES string of the molecule is CCc1ccc(CNC(C)C(=O)NCC(C)C)cc1. The number of nitrogens with one attached hydrogen (secondary N) is 2. The van der Waals surface area contributed by atoms with Crippen LogP contribution in [-0.2, 0) is 17.8 Å². The van der Waals surface area contributed by atoms with Gasteiger partial charge in [0.2, 0.25) is 5.91 Å². The van der Waals surface area contributed by atoms with Gasteiger partial charge >= 0.3 is 0 Å². The fraction of sp³-hybridized carbons (Fsp3) is 0.562. The van der Waals surface area contributed by atoms with Gasteiger partial charge in [-0.1, -0.05) is 45.0 Å². The Morgan fingerprint density at radius 1 is 1.11 bits per heavy atom. The van der Waals surface area contributed by atoms with E-state index in [-0.39, 0.29) is 11.9 Å². The van der Waals surface area contributed by atoms with E-state index in [0.717, 1.165) is 19.5 Å². The number of benzene rings is 1. The highest BCUT2D eigenvalue weighted by atomic mass is 16.2. The average Bonchev–Trinajstić information content (AvgIpc) is 2.42. The summed E-state index contributed by atoms with van der Waals surface area (Å²) in [5, 5.41) is 6.18. The van der Waals surface area contributed by atoms with Crippen molar-refractivity contribution < 1.29 is 4.79 Å². The lowest BCUT2D eigenvalue weighted by molar-refractivity contribution is -0.122. The van der Waals surface area contributed by atoms with Crippen LogP contribution in [0.25, 0.3) is 0 Å². The van der Waals surface area contributed by atoms with Gasteiger partial charge in [-0.05, 0) is 30.4 Å². The Morgan fingerprint density at radius 2 is 1.68 bits per heavy atom. The molecule has 0 saturated heterocycles. The molecule has 3 heteroatoms. The van der Waals surface area contributed by atoms with Crippen LogP contribution in [0.1, 0.15) is 38.8 Å². The molecule has 0 aliphatic carbocycles. The summed E-state index contributed by atoms with van der Waals surface area (Å²) in [5.41, 5.74) is 2.55. The van der Waals surface area contributed by atoms with Crippen molar-refractivity contribution in [2.24, 2.45) is 5.92 Å². The quantitative estimate of drug-likeness (QED) is 0.792. The summed E-state index contributed by atoms with van der Waals surface area (Å²) in [4.78, 5) is 11.8. The summed E-state index contributed by atoms with van der Waals surface area (Å²) in [7, 11) is 0. The first kappa shape index (κ1) is 15.7. The standard InChI is InChI=1S/C16H26N2O/c1-5-14-6-8-15(9-7-14)11-17-13(4)16(19)18-10-12(2)3/h6-9,12-13,17H,5,10-11H2,1-4H3,(H,18,19). The molecule has 1 atom stereocenters. The monoisotopic (exact) mass is 262 g/mol. The van der Waals surface area contributed by atoms with Crippen LogP contribution < -0.4 is 10.6 Å². The molecule has 0 spiro atoms. The summed E-state index contributed by atoms with van der Waals surface area (Å²) in [6.07, 6.45) is 1.06. The molecule has 0 radical (unpaired) electrons. The molecule has 1 aromatic rings. The topological polar surface area (TPSA) is 41.1 Å². The Kier molecular flexibility index (Phi) is 6.57. The van der Waals surface area contributed by atoms with E-state index in [2.05, 4.69) is 55.7 Å². The molecule has 0 saturated carbocycles. The molecule has 2 N–H and O–H groups in total. The van der Waals surface area contributed by atoms with Gasteiger partial charge < -0.3 is 10.6 Å². The molecule has 0 aromatic heterocycles. The van der Waals surface area contributed by atoms with E-state index >= 15 is 0 Å². The van der Waals surface area contributed by atoms with E-state index in [9.17, 15) is 4.79 Å². The molecule has 0 aliphatic heterocycles. The van der Waals surface area contributed by atoms with Gasteiger partial charge in [0.05, 0.1) is 6.04 Å². The maximum atomic E-state index is 11.8. The summed E-state index contributed by atoms with van der Waals surface area (Å²) < 4.78 is 0. The lowest BCUT2D eigenvalue weighted by Gasteiger charge is -2.15. The minimum atomic E-state index is -0.162. The molecule has 1 unspecified atom stereocenters. The lowest BCUT2D eigenvalue weighted by atomic mass is 10.1. The third-order valence-electron chi connectivity index (χ3n) is 3.12. The van der Waals surface area contributed by atoms with E-state index < -0.39 is 0 Å². The van der Waals surface area contributed by atoms with E-state index in [4.69, 9.17) is 0 Å². The van der Waals surface area contributed by atoms with Gasteiger partial charge in [-0.15, -0.1) is 0 Å². The van der Waals surface area contributed by atoms with Gasteiger partial charge in [0.15, 0.2) is 0 Å². The molecule has 1 aromatic carbocycles. The van der Waals surface area contributed by atoms with Crippen LogP contribution in [0.15, 0.2) is 24.3 Å². The molecule has 0 heterocycles. The molecule has 1 amide bonds. The summed E-state index contributed by atoms with van der Waals surface area (Å²) in [5.74, 6) is 0.552. The minimum Gasteiger partial charge on any atom is -0.354 e. The normalized spacial score (nSPS) is 12.5. The fourth-order valence-electron chi connectivity index (χ4n) is 1.71. The Morgan fingerprint density at radius 3 is 2.21 bits per heavy atom. The van der Waals surface area contributed by atoms with Crippen molar-refractivity contribution in [3.8, 4) is 0 Å². The molecule has 19 heavy (non-hydrogen) atoms. The predicted molar refractivity (Wildman–Crippen MR) is 80.0 cm³/mol. The van der Waals surface area contributed by atoms with Crippen LogP contribution in [-0.4, -0.2) is 18.5 Å². The molecule has 0 fully saturated rings. The second kappa shape index (κ2) is 7.95. The molecule has 106 valence electrons. The van der Waals surface area contributed by atoms with Crippen LogP contribution in [0.4, 0.5) is 0 Å². The molecule has 0 bridgehead atoms. The third-order valence-corrected chi connectivity index (χ3v) is 3.12. The van der Waals surface area contributed by atoms with Gasteiger partial charge in [-0.2, -0.15) is 0 Å². The Bertz CT molecular complexity index is 384. The molecule has 3 nitrogen and oxygen atoms in total. The highest BCUT2D eigenvalue weighted by molar-refractivity contribution is 5.81. The maximum absolute atomic E-state index is 11.8. The van der Waals surface area contributed by atoms with Crippen LogP contribution in [0.5, 0.6) is 0 Å². The van der Waals surface area contributed by atoms with Gasteiger partial charge in [-0.25, -0.2) is 0 Å². The number of aryl methyl sites for hydroxylation is 1. The Labute approximate surface area is 116 Å². The number of carbonyl (C=O) groups is 1.